The lowest BCUT2D eigenvalue weighted by Gasteiger charge is -2.21. The van der Waals surface area contributed by atoms with E-state index in [1.807, 2.05) is 0 Å². The van der Waals surface area contributed by atoms with Crippen molar-refractivity contribution in [3.8, 4) is 0 Å². The van der Waals surface area contributed by atoms with Crippen molar-refractivity contribution < 1.29 is 8.78 Å². The lowest BCUT2D eigenvalue weighted by atomic mass is 9.95. The quantitative estimate of drug-likeness (QED) is 0.867. The maximum atomic E-state index is 13.2. The van der Waals surface area contributed by atoms with Gasteiger partial charge in [-0.1, -0.05) is 13.0 Å². The first-order chi connectivity index (χ1) is 8.22. The number of rotatable bonds is 3. The molecule has 18 heavy (non-hydrogen) atoms. The fourth-order valence-electron chi connectivity index (χ4n) is 2.38. The van der Waals surface area contributed by atoms with Gasteiger partial charge in [0.05, 0.1) is 0 Å². The Morgan fingerprint density at radius 2 is 1.94 bits per heavy atom. The van der Waals surface area contributed by atoms with Gasteiger partial charge in [0.1, 0.15) is 0 Å². The molecule has 0 aliphatic heterocycles. The predicted molar refractivity (Wildman–Crippen MR) is 69.6 cm³/mol. The molecule has 0 saturated heterocycles. The molecule has 2 atom stereocenters. The van der Waals surface area contributed by atoms with E-state index in [0.717, 1.165) is 18.5 Å². The fourth-order valence-corrected chi connectivity index (χ4v) is 2.38. The SMILES string of the molecule is CC(C)(C)NCC1CC1(C)c1ccc(F)c(F)c1. The molecule has 0 heterocycles. The highest BCUT2D eigenvalue weighted by molar-refractivity contribution is 5.33. The van der Waals surface area contributed by atoms with Crippen LogP contribution in [0.15, 0.2) is 18.2 Å². The standard InChI is InChI=1S/C15H21F2N/c1-14(2,3)18-9-11-8-15(11,4)10-5-6-12(16)13(17)7-10/h5-7,11,18H,8-9H2,1-4H3. The summed E-state index contributed by atoms with van der Waals surface area (Å²) < 4.78 is 26.2. The van der Waals surface area contributed by atoms with Crippen LogP contribution in [0.25, 0.3) is 0 Å². The van der Waals surface area contributed by atoms with Gasteiger partial charge >= 0.3 is 0 Å². The van der Waals surface area contributed by atoms with Crippen molar-refractivity contribution in [1.29, 1.82) is 0 Å². The molecule has 2 rings (SSSR count). The van der Waals surface area contributed by atoms with Crippen LogP contribution >= 0.6 is 0 Å². The van der Waals surface area contributed by atoms with Crippen molar-refractivity contribution in [2.45, 2.75) is 45.1 Å². The maximum absolute atomic E-state index is 13.2. The van der Waals surface area contributed by atoms with Gasteiger partial charge in [0.2, 0.25) is 0 Å². The van der Waals surface area contributed by atoms with E-state index < -0.39 is 11.6 Å². The van der Waals surface area contributed by atoms with Crippen LogP contribution in [0.3, 0.4) is 0 Å². The van der Waals surface area contributed by atoms with E-state index in [9.17, 15) is 8.78 Å². The van der Waals surface area contributed by atoms with Crippen LogP contribution in [0, 0.1) is 17.6 Å². The van der Waals surface area contributed by atoms with Crippen molar-refractivity contribution >= 4 is 0 Å². The van der Waals surface area contributed by atoms with Gasteiger partial charge in [-0.3, -0.25) is 0 Å². The van der Waals surface area contributed by atoms with E-state index in [-0.39, 0.29) is 11.0 Å². The third kappa shape index (κ3) is 2.72. The Morgan fingerprint density at radius 1 is 1.28 bits per heavy atom. The van der Waals surface area contributed by atoms with Crippen molar-refractivity contribution in [2.75, 3.05) is 6.54 Å². The minimum Gasteiger partial charge on any atom is -0.312 e. The van der Waals surface area contributed by atoms with Crippen molar-refractivity contribution in [1.82, 2.24) is 5.32 Å². The average molecular weight is 253 g/mol. The average Bonchev–Trinajstić information content (AvgIpc) is 2.91. The normalized spacial score (nSPS) is 27.3. The van der Waals surface area contributed by atoms with Crippen LogP contribution in [-0.4, -0.2) is 12.1 Å². The third-order valence-corrected chi connectivity index (χ3v) is 3.87. The molecular weight excluding hydrogens is 232 g/mol. The van der Waals surface area contributed by atoms with E-state index in [2.05, 4.69) is 33.0 Å². The molecule has 2 unspecified atom stereocenters. The zero-order chi connectivity index (χ0) is 13.6. The minimum absolute atomic E-state index is 0.00715. The van der Waals surface area contributed by atoms with Crippen LogP contribution in [0.5, 0.6) is 0 Å². The molecule has 100 valence electrons. The molecule has 0 aromatic heterocycles. The molecule has 0 radical (unpaired) electrons. The van der Waals surface area contributed by atoms with Gasteiger partial charge in [0.25, 0.3) is 0 Å². The largest absolute Gasteiger partial charge is 0.312 e. The first-order valence-electron chi connectivity index (χ1n) is 6.43. The van der Waals surface area contributed by atoms with Crippen molar-refractivity contribution in [2.24, 2.45) is 5.92 Å². The summed E-state index contributed by atoms with van der Waals surface area (Å²) >= 11 is 0. The highest BCUT2D eigenvalue weighted by Crippen LogP contribution is 2.53. The number of halogens is 2. The summed E-state index contributed by atoms with van der Waals surface area (Å²) in [5.41, 5.74) is 0.992. The maximum Gasteiger partial charge on any atom is 0.159 e. The molecule has 1 aliphatic carbocycles. The van der Waals surface area contributed by atoms with Gasteiger partial charge in [-0.25, -0.2) is 8.78 Å². The molecule has 0 spiro atoms. The van der Waals surface area contributed by atoms with Gasteiger partial charge in [-0.05, 0) is 62.8 Å². The molecular formula is C15H21F2N. The first-order valence-corrected chi connectivity index (χ1v) is 6.43. The van der Waals surface area contributed by atoms with E-state index in [1.165, 1.54) is 12.1 Å². The number of hydrogen-bond acceptors (Lipinski definition) is 1. The van der Waals surface area contributed by atoms with Crippen molar-refractivity contribution in [3.05, 3.63) is 35.4 Å². The highest BCUT2D eigenvalue weighted by Gasteiger charge is 2.51. The van der Waals surface area contributed by atoms with E-state index in [4.69, 9.17) is 0 Å². The van der Waals surface area contributed by atoms with Crippen molar-refractivity contribution in [3.63, 3.8) is 0 Å². The minimum atomic E-state index is -0.771. The van der Waals surface area contributed by atoms with Crippen LogP contribution in [0.1, 0.15) is 39.7 Å². The van der Waals surface area contributed by atoms with Gasteiger partial charge in [-0.15, -0.1) is 0 Å². The Bertz CT molecular complexity index is 450. The molecule has 1 aromatic rings. The Hall–Kier alpha value is -0.960. The second kappa shape index (κ2) is 4.30. The van der Waals surface area contributed by atoms with Gasteiger partial charge in [0, 0.05) is 5.54 Å². The highest BCUT2D eigenvalue weighted by atomic mass is 19.2. The Morgan fingerprint density at radius 3 is 2.50 bits per heavy atom. The van der Waals surface area contributed by atoms with Gasteiger partial charge < -0.3 is 5.32 Å². The molecule has 1 aliphatic rings. The molecule has 1 nitrogen and oxygen atoms in total. The van der Waals surface area contributed by atoms with E-state index in [1.54, 1.807) is 6.07 Å². The second-order valence-corrected chi connectivity index (χ2v) is 6.58. The molecule has 1 fully saturated rings. The Balaban J connectivity index is 2.04. The van der Waals surface area contributed by atoms with Crippen LogP contribution in [0.4, 0.5) is 8.78 Å². The second-order valence-electron chi connectivity index (χ2n) is 6.58. The smallest absolute Gasteiger partial charge is 0.159 e. The van der Waals surface area contributed by atoms with E-state index in [0.29, 0.717) is 5.92 Å². The van der Waals surface area contributed by atoms with Gasteiger partial charge in [0.15, 0.2) is 11.6 Å². The van der Waals surface area contributed by atoms with Crippen LogP contribution in [-0.2, 0) is 5.41 Å². The summed E-state index contributed by atoms with van der Waals surface area (Å²) in [6, 6.07) is 4.27. The topological polar surface area (TPSA) is 12.0 Å². The summed E-state index contributed by atoms with van der Waals surface area (Å²) in [4.78, 5) is 0. The molecule has 0 bridgehead atoms. The zero-order valence-corrected chi connectivity index (χ0v) is 11.5. The number of hydrogen-bond donors (Lipinski definition) is 1. The summed E-state index contributed by atoms with van der Waals surface area (Å²) in [5.74, 6) is -1.02. The zero-order valence-electron chi connectivity index (χ0n) is 11.5. The number of benzene rings is 1. The summed E-state index contributed by atoms with van der Waals surface area (Å²) in [7, 11) is 0. The number of nitrogens with one attached hydrogen (secondary N) is 1. The molecule has 0 amide bonds. The Kier molecular flexibility index (Phi) is 3.22. The first kappa shape index (κ1) is 13.5. The molecule has 3 heteroatoms. The van der Waals surface area contributed by atoms with Crippen LogP contribution < -0.4 is 5.32 Å². The lowest BCUT2D eigenvalue weighted by molar-refractivity contribution is 0.406. The molecule has 1 aromatic carbocycles. The summed E-state index contributed by atoms with van der Waals surface area (Å²) in [6.07, 6.45) is 1.03. The summed E-state index contributed by atoms with van der Waals surface area (Å²) in [6.45, 7) is 9.42. The van der Waals surface area contributed by atoms with E-state index >= 15 is 0 Å². The molecule has 1 N–H and O–H groups in total. The predicted octanol–water partition coefficient (Wildman–Crippen LogP) is 3.63. The Labute approximate surface area is 108 Å². The monoisotopic (exact) mass is 253 g/mol. The summed E-state index contributed by atoms with van der Waals surface area (Å²) in [5, 5.41) is 3.47. The van der Waals surface area contributed by atoms with Crippen LogP contribution in [0.2, 0.25) is 0 Å². The van der Waals surface area contributed by atoms with Gasteiger partial charge in [-0.2, -0.15) is 0 Å². The molecule has 1 saturated carbocycles. The lowest BCUT2D eigenvalue weighted by Crippen LogP contribution is -2.37. The third-order valence-electron chi connectivity index (χ3n) is 3.87. The fraction of sp³-hybridized carbons (Fsp3) is 0.600.